The van der Waals surface area contributed by atoms with Gasteiger partial charge in [0.15, 0.2) is 0 Å². The van der Waals surface area contributed by atoms with Gasteiger partial charge in [0.05, 0.1) is 12.5 Å². The molecule has 0 bridgehead atoms. The molecule has 18 heavy (non-hydrogen) atoms. The van der Waals surface area contributed by atoms with Crippen molar-refractivity contribution in [3.63, 3.8) is 0 Å². The zero-order valence-electron chi connectivity index (χ0n) is 9.85. The van der Waals surface area contributed by atoms with Gasteiger partial charge in [-0.05, 0) is 23.8 Å². The third kappa shape index (κ3) is 2.98. The van der Waals surface area contributed by atoms with E-state index in [1.165, 1.54) is 6.33 Å². The second kappa shape index (κ2) is 5.68. The van der Waals surface area contributed by atoms with E-state index in [2.05, 4.69) is 26.6 Å². The van der Waals surface area contributed by atoms with Gasteiger partial charge in [0.1, 0.15) is 12.2 Å². The molecule has 1 heterocycles. The molecule has 0 aliphatic rings. The molecular formula is C12H14N6. The quantitative estimate of drug-likeness (QED) is 0.681. The van der Waals surface area contributed by atoms with Crippen LogP contribution in [0.5, 0.6) is 0 Å². The number of rotatable bonds is 5. The van der Waals surface area contributed by atoms with Crippen LogP contribution < -0.4 is 11.1 Å². The van der Waals surface area contributed by atoms with Crippen LogP contribution in [-0.4, -0.2) is 21.7 Å². The Kier molecular flexibility index (Phi) is 3.76. The molecule has 4 N–H and O–H groups in total. The van der Waals surface area contributed by atoms with E-state index in [0.29, 0.717) is 12.1 Å². The summed E-state index contributed by atoms with van der Waals surface area (Å²) in [4.78, 5) is 4.04. The van der Waals surface area contributed by atoms with E-state index in [1.54, 1.807) is 0 Å². The summed E-state index contributed by atoms with van der Waals surface area (Å²) in [6.07, 6.45) is 2.57. The van der Waals surface area contributed by atoms with Gasteiger partial charge in [-0.3, -0.25) is 5.10 Å². The highest BCUT2D eigenvalue weighted by molar-refractivity contribution is 5.58. The van der Waals surface area contributed by atoms with Gasteiger partial charge in [-0.15, -0.1) is 0 Å². The minimum Gasteiger partial charge on any atom is -0.398 e. The van der Waals surface area contributed by atoms with Crippen molar-refractivity contribution in [2.24, 2.45) is 0 Å². The van der Waals surface area contributed by atoms with Gasteiger partial charge in [0, 0.05) is 24.3 Å². The van der Waals surface area contributed by atoms with Gasteiger partial charge in [-0.1, -0.05) is 0 Å². The number of nitrogens with zero attached hydrogens (tertiary/aromatic N) is 3. The largest absolute Gasteiger partial charge is 0.398 e. The third-order valence-corrected chi connectivity index (χ3v) is 2.57. The maximum absolute atomic E-state index is 8.69. The number of aromatic nitrogens is 3. The number of aromatic amines is 1. The lowest BCUT2D eigenvalue weighted by Crippen LogP contribution is -2.06. The lowest BCUT2D eigenvalue weighted by atomic mass is 10.1. The van der Waals surface area contributed by atoms with Crippen molar-refractivity contribution >= 4 is 11.4 Å². The van der Waals surface area contributed by atoms with Crippen LogP contribution in [0.1, 0.15) is 11.4 Å². The molecule has 6 nitrogen and oxygen atoms in total. The van der Waals surface area contributed by atoms with E-state index in [0.717, 1.165) is 30.0 Å². The highest BCUT2D eigenvalue weighted by Crippen LogP contribution is 2.18. The topological polar surface area (TPSA) is 103 Å². The van der Waals surface area contributed by atoms with E-state index in [4.69, 9.17) is 11.0 Å². The number of hydrogen-bond donors (Lipinski definition) is 3. The molecule has 1 aromatic carbocycles. The Hall–Kier alpha value is -2.55. The Labute approximate surface area is 105 Å². The van der Waals surface area contributed by atoms with Crippen molar-refractivity contribution in [2.45, 2.75) is 12.8 Å². The van der Waals surface area contributed by atoms with Crippen LogP contribution in [0, 0.1) is 11.3 Å². The van der Waals surface area contributed by atoms with Crippen LogP contribution in [0.3, 0.4) is 0 Å². The normalized spacial score (nSPS) is 9.94. The smallest absolute Gasteiger partial charge is 0.137 e. The van der Waals surface area contributed by atoms with Crippen LogP contribution in [0.4, 0.5) is 11.4 Å². The summed E-state index contributed by atoms with van der Waals surface area (Å²) in [5.74, 6) is 0.843. The standard InChI is InChI=1S/C12H14N6/c13-5-3-9-7-10(1-2-11(9)14)15-6-4-12-16-8-17-18-12/h1-2,7-8,15H,3-4,6,14H2,(H,16,17,18). The summed E-state index contributed by atoms with van der Waals surface area (Å²) in [6, 6.07) is 7.71. The number of benzene rings is 1. The van der Waals surface area contributed by atoms with Crippen LogP contribution in [0.2, 0.25) is 0 Å². The summed E-state index contributed by atoms with van der Waals surface area (Å²) < 4.78 is 0. The minimum atomic E-state index is 0.323. The maximum Gasteiger partial charge on any atom is 0.137 e. The highest BCUT2D eigenvalue weighted by atomic mass is 15.2. The summed E-state index contributed by atoms with van der Waals surface area (Å²) in [7, 11) is 0. The molecule has 0 unspecified atom stereocenters. The zero-order valence-corrected chi connectivity index (χ0v) is 9.85. The maximum atomic E-state index is 8.69. The first-order valence-corrected chi connectivity index (χ1v) is 5.63. The van der Waals surface area contributed by atoms with Gasteiger partial charge in [0.25, 0.3) is 0 Å². The van der Waals surface area contributed by atoms with Crippen molar-refractivity contribution in [1.82, 2.24) is 15.2 Å². The molecule has 0 fully saturated rings. The predicted molar refractivity (Wildman–Crippen MR) is 68.7 cm³/mol. The Morgan fingerprint density at radius 3 is 3.06 bits per heavy atom. The summed E-state index contributed by atoms with van der Waals surface area (Å²) in [5, 5.41) is 18.5. The van der Waals surface area contributed by atoms with Gasteiger partial charge in [0.2, 0.25) is 0 Å². The molecule has 6 heteroatoms. The number of anilines is 2. The first-order valence-electron chi connectivity index (χ1n) is 5.63. The van der Waals surface area contributed by atoms with E-state index < -0.39 is 0 Å². The molecule has 2 rings (SSSR count). The predicted octanol–water partition coefficient (Wildman–Crippen LogP) is 1.11. The molecule has 0 aliphatic heterocycles. The molecule has 0 saturated heterocycles. The minimum absolute atomic E-state index is 0.323. The molecule has 1 aromatic heterocycles. The highest BCUT2D eigenvalue weighted by Gasteiger charge is 2.01. The van der Waals surface area contributed by atoms with E-state index in [-0.39, 0.29) is 0 Å². The summed E-state index contributed by atoms with van der Waals surface area (Å²) >= 11 is 0. The monoisotopic (exact) mass is 242 g/mol. The fraction of sp³-hybridized carbons (Fsp3) is 0.250. The Morgan fingerprint density at radius 2 is 2.33 bits per heavy atom. The van der Waals surface area contributed by atoms with Crippen LogP contribution >= 0.6 is 0 Å². The molecule has 0 radical (unpaired) electrons. The van der Waals surface area contributed by atoms with E-state index >= 15 is 0 Å². The fourth-order valence-electron chi connectivity index (χ4n) is 1.63. The van der Waals surface area contributed by atoms with Crippen molar-refractivity contribution < 1.29 is 0 Å². The lowest BCUT2D eigenvalue weighted by molar-refractivity contribution is 0.901. The molecule has 92 valence electrons. The van der Waals surface area contributed by atoms with Gasteiger partial charge < -0.3 is 11.1 Å². The Balaban J connectivity index is 1.93. The average molecular weight is 242 g/mol. The average Bonchev–Trinajstić information content (AvgIpc) is 2.87. The molecule has 0 atom stereocenters. The summed E-state index contributed by atoms with van der Waals surface area (Å²) in [6.45, 7) is 0.741. The molecule has 0 aliphatic carbocycles. The third-order valence-electron chi connectivity index (χ3n) is 2.57. The van der Waals surface area contributed by atoms with Gasteiger partial charge >= 0.3 is 0 Å². The Morgan fingerprint density at radius 1 is 1.44 bits per heavy atom. The van der Waals surface area contributed by atoms with Crippen molar-refractivity contribution in [1.29, 1.82) is 5.26 Å². The summed E-state index contributed by atoms with van der Waals surface area (Å²) in [5.41, 5.74) is 8.23. The number of nitrogens with one attached hydrogen (secondary N) is 2. The fourth-order valence-corrected chi connectivity index (χ4v) is 1.63. The number of nitrogens with two attached hydrogens (primary N) is 1. The van der Waals surface area contributed by atoms with E-state index in [9.17, 15) is 0 Å². The van der Waals surface area contributed by atoms with E-state index in [1.807, 2.05) is 18.2 Å². The van der Waals surface area contributed by atoms with Crippen LogP contribution in [-0.2, 0) is 12.8 Å². The number of H-pyrrole nitrogens is 1. The first kappa shape index (κ1) is 11.9. The molecule has 0 saturated carbocycles. The van der Waals surface area contributed by atoms with Crippen LogP contribution in [0.25, 0.3) is 0 Å². The SMILES string of the molecule is N#CCc1cc(NCCc2ncn[nH]2)ccc1N. The van der Waals surface area contributed by atoms with Gasteiger partial charge in [-0.25, -0.2) is 4.98 Å². The first-order chi connectivity index (χ1) is 8.79. The molecule has 2 aromatic rings. The van der Waals surface area contributed by atoms with Crippen molar-refractivity contribution in [3.05, 3.63) is 35.9 Å². The zero-order chi connectivity index (χ0) is 12.8. The number of hydrogen-bond acceptors (Lipinski definition) is 5. The molecule has 0 spiro atoms. The van der Waals surface area contributed by atoms with Crippen LogP contribution in [0.15, 0.2) is 24.5 Å². The molecular weight excluding hydrogens is 228 g/mol. The lowest BCUT2D eigenvalue weighted by Gasteiger charge is -2.08. The molecule has 0 amide bonds. The van der Waals surface area contributed by atoms with Crippen molar-refractivity contribution in [3.8, 4) is 6.07 Å². The van der Waals surface area contributed by atoms with Gasteiger partial charge in [-0.2, -0.15) is 10.4 Å². The number of nitrogen functional groups attached to an aromatic ring is 1. The number of nitriles is 1. The second-order valence-electron chi connectivity index (χ2n) is 3.86. The Bertz CT molecular complexity index is 540. The van der Waals surface area contributed by atoms with Crippen molar-refractivity contribution in [2.75, 3.05) is 17.6 Å². The second-order valence-corrected chi connectivity index (χ2v) is 3.86.